The van der Waals surface area contributed by atoms with E-state index in [4.69, 9.17) is 27.9 Å². The number of pyridine rings is 1. The summed E-state index contributed by atoms with van der Waals surface area (Å²) in [5.74, 6) is -0.862. The second-order valence-corrected chi connectivity index (χ2v) is 10.6. The van der Waals surface area contributed by atoms with Gasteiger partial charge in [-0.1, -0.05) is 47.5 Å². The molecule has 1 amide bonds. The van der Waals surface area contributed by atoms with E-state index in [2.05, 4.69) is 22.1 Å². The zero-order valence-corrected chi connectivity index (χ0v) is 23.2. The molecule has 1 fully saturated rings. The lowest BCUT2D eigenvalue weighted by molar-refractivity contribution is -0.137. The van der Waals surface area contributed by atoms with Crippen molar-refractivity contribution in [2.75, 3.05) is 19.6 Å². The van der Waals surface area contributed by atoms with E-state index >= 15 is 0 Å². The fourth-order valence-electron chi connectivity index (χ4n) is 4.93. The SMILES string of the molecule is CC(CCNC(=O)c1c(Cl)cncc1Cl)N1CCC(C(Oc2ccccc2F)c2ccc(C(F)(F)F)cc2)CC1. The molecular formula is C29H29Cl2F4N3O2. The molecule has 1 saturated heterocycles. The van der Waals surface area contributed by atoms with Crippen LogP contribution >= 0.6 is 23.2 Å². The minimum absolute atomic E-state index is 0.0320. The first-order chi connectivity index (χ1) is 19.0. The maximum Gasteiger partial charge on any atom is 0.416 e. The highest BCUT2D eigenvalue weighted by Gasteiger charge is 2.33. The van der Waals surface area contributed by atoms with Gasteiger partial charge in [0.1, 0.15) is 6.10 Å². The molecule has 0 aliphatic carbocycles. The van der Waals surface area contributed by atoms with Gasteiger partial charge in [0.2, 0.25) is 0 Å². The number of piperidine rings is 1. The summed E-state index contributed by atoms with van der Waals surface area (Å²) in [6.45, 7) is 3.93. The number of hydrogen-bond acceptors (Lipinski definition) is 4. The first kappa shape index (κ1) is 30.1. The number of ether oxygens (including phenoxy) is 1. The number of halogens is 6. The fraction of sp³-hybridized carbons (Fsp3) is 0.379. The molecule has 4 rings (SSSR count). The average molecular weight is 598 g/mol. The number of hydrogen-bond donors (Lipinski definition) is 1. The molecule has 3 aromatic rings. The molecule has 5 nitrogen and oxygen atoms in total. The molecule has 0 radical (unpaired) electrons. The molecule has 1 aliphatic heterocycles. The second-order valence-electron chi connectivity index (χ2n) is 9.83. The van der Waals surface area contributed by atoms with Crippen LogP contribution in [-0.2, 0) is 6.18 Å². The molecule has 2 atom stereocenters. The summed E-state index contributed by atoms with van der Waals surface area (Å²) >= 11 is 12.1. The second kappa shape index (κ2) is 13.2. The largest absolute Gasteiger partial charge is 0.482 e. The van der Waals surface area contributed by atoms with Gasteiger partial charge < -0.3 is 15.0 Å². The minimum Gasteiger partial charge on any atom is -0.482 e. The van der Waals surface area contributed by atoms with Crippen molar-refractivity contribution in [1.82, 2.24) is 15.2 Å². The van der Waals surface area contributed by atoms with Gasteiger partial charge in [0.15, 0.2) is 11.6 Å². The van der Waals surface area contributed by atoms with Gasteiger partial charge in [-0.25, -0.2) is 4.39 Å². The van der Waals surface area contributed by atoms with Crippen LogP contribution in [-0.4, -0.2) is 41.5 Å². The van der Waals surface area contributed by atoms with Crippen molar-refractivity contribution >= 4 is 29.1 Å². The lowest BCUT2D eigenvalue weighted by Gasteiger charge is -2.39. The van der Waals surface area contributed by atoms with E-state index in [1.807, 2.05) is 0 Å². The quantitative estimate of drug-likeness (QED) is 0.258. The van der Waals surface area contributed by atoms with E-state index in [0.717, 1.165) is 25.2 Å². The Hall–Kier alpha value is -2.88. The number of likely N-dealkylation sites (tertiary alicyclic amines) is 1. The zero-order valence-electron chi connectivity index (χ0n) is 21.7. The Bertz CT molecular complexity index is 1280. The van der Waals surface area contributed by atoms with Crippen LogP contribution in [0, 0.1) is 11.7 Å². The minimum atomic E-state index is -4.45. The maximum absolute atomic E-state index is 14.4. The third-order valence-electron chi connectivity index (χ3n) is 7.21. The summed E-state index contributed by atoms with van der Waals surface area (Å²) in [6, 6.07) is 11.1. The van der Waals surface area contributed by atoms with E-state index in [1.165, 1.54) is 36.7 Å². The predicted molar refractivity (Wildman–Crippen MR) is 146 cm³/mol. The molecule has 1 aromatic heterocycles. The van der Waals surface area contributed by atoms with Crippen molar-refractivity contribution < 1.29 is 27.1 Å². The summed E-state index contributed by atoms with van der Waals surface area (Å²) in [6.07, 6.45) is -0.224. The van der Waals surface area contributed by atoms with Gasteiger partial charge >= 0.3 is 6.18 Å². The number of nitrogens with zero attached hydrogens (tertiary/aromatic N) is 2. The Morgan fingerprint density at radius 3 is 2.30 bits per heavy atom. The molecule has 40 heavy (non-hydrogen) atoms. The normalized spacial score (nSPS) is 16.4. The number of alkyl halides is 3. The first-order valence-electron chi connectivity index (χ1n) is 12.9. The molecular weight excluding hydrogens is 569 g/mol. The van der Waals surface area contributed by atoms with E-state index < -0.39 is 23.7 Å². The van der Waals surface area contributed by atoms with Crippen LogP contribution in [0.1, 0.15) is 53.8 Å². The van der Waals surface area contributed by atoms with E-state index in [-0.39, 0.29) is 39.2 Å². The zero-order chi connectivity index (χ0) is 28.9. The van der Waals surface area contributed by atoms with Crippen molar-refractivity contribution in [2.45, 2.75) is 44.5 Å². The van der Waals surface area contributed by atoms with E-state index in [0.29, 0.717) is 31.4 Å². The van der Waals surface area contributed by atoms with Crippen molar-refractivity contribution in [1.29, 1.82) is 0 Å². The Morgan fingerprint density at radius 1 is 1.07 bits per heavy atom. The monoisotopic (exact) mass is 597 g/mol. The Kier molecular flexibility index (Phi) is 9.92. The van der Waals surface area contributed by atoms with Crippen molar-refractivity contribution in [2.24, 2.45) is 5.92 Å². The topological polar surface area (TPSA) is 54.5 Å². The summed E-state index contributed by atoms with van der Waals surface area (Å²) in [5.41, 5.74) is 0.0139. The molecule has 1 aliphatic rings. The average Bonchev–Trinajstić information content (AvgIpc) is 2.92. The summed E-state index contributed by atoms with van der Waals surface area (Å²) < 4.78 is 59.9. The third-order valence-corrected chi connectivity index (χ3v) is 7.78. The Morgan fingerprint density at radius 2 is 1.70 bits per heavy atom. The van der Waals surface area contributed by atoms with Gasteiger partial charge in [-0.2, -0.15) is 13.2 Å². The molecule has 1 N–H and O–H groups in total. The third kappa shape index (κ3) is 7.44. The van der Waals surface area contributed by atoms with Crippen LogP contribution in [0.15, 0.2) is 60.9 Å². The lowest BCUT2D eigenvalue weighted by atomic mass is 9.86. The van der Waals surface area contributed by atoms with E-state index in [9.17, 15) is 22.4 Å². The highest BCUT2D eigenvalue weighted by molar-refractivity contribution is 6.39. The molecule has 2 heterocycles. The smallest absolute Gasteiger partial charge is 0.416 e. The molecule has 2 unspecified atom stereocenters. The van der Waals surface area contributed by atoms with Crippen LogP contribution in [0.5, 0.6) is 5.75 Å². The van der Waals surface area contributed by atoms with Crippen LogP contribution in [0.25, 0.3) is 0 Å². The van der Waals surface area contributed by atoms with Crippen molar-refractivity contribution in [3.05, 3.63) is 93.5 Å². The fourth-order valence-corrected chi connectivity index (χ4v) is 5.47. The van der Waals surface area contributed by atoms with Gasteiger partial charge in [0, 0.05) is 30.9 Å². The number of nitrogens with one attached hydrogen (secondary N) is 1. The first-order valence-corrected chi connectivity index (χ1v) is 13.7. The number of amides is 1. The van der Waals surface area contributed by atoms with Gasteiger partial charge in [0.25, 0.3) is 5.91 Å². The Labute approximate surface area is 240 Å². The highest BCUT2D eigenvalue weighted by Crippen LogP contribution is 2.38. The number of benzene rings is 2. The van der Waals surface area contributed by atoms with Crippen molar-refractivity contribution in [3.63, 3.8) is 0 Å². The summed E-state index contributed by atoms with van der Waals surface area (Å²) in [5, 5.41) is 3.21. The Balaban J connectivity index is 1.37. The van der Waals surface area contributed by atoms with Crippen LogP contribution < -0.4 is 10.1 Å². The highest BCUT2D eigenvalue weighted by atomic mass is 35.5. The number of para-hydroxylation sites is 1. The molecule has 2 aromatic carbocycles. The van der Waals surface area contributed by atoms with Crippen LogP contribution in [0.3, 0.4) is 0 Å². The van der Waals surface area contributed by atoms with Crippen molar-refractivity contribution in [3.8, 4) is 5.75 Å². The molecule has 0 bridgehead atoms. The lowest BCUT2D eigenvalue weighted by Crippen LogP contribution is -2.43. The predicted octanol–water partition coefficient (Wildman–Crippen LogP) is 7.59. The maximum atomic E-state index is 14.4. The molecule has 214 valence electrons. The number of aromatic nitrogens is 1. The summed E-state index contributed by atoms with van der Waals surface area (Å²) in [7, 11) is 0. The number of rotatable bonds is 9. The number of carbonyl (C=O) groups is 1. The van der Waals surface area contributed by atoms with Gasteiger partial charge in [-0.15, -0.1) is 0 Å². The van der Waals surface area contributed by atoms with E-state index in [1.54, 1.807) is 12.1 Å². The summed E-state index contributed by atoms with van der Waals surface area (Å²) in [4.78, 5) is 18.7. The number of carbonyl (C=O) groups excluding carboxylic acids is 1. The van der Waals surface area contributed by atoms with Gasteiger partial charge in [-0.3, -0.25) is 9.78 Å². The standard InChI is InChI=1S/C29H29Cl2F4N3O2/c1-18(10-13-37-28(39)26-22(30)16-36-17-23(26)31)38-14-11-20(12-15-38)27(40-25-5-3-2-4-24(25)32)19-6-8-21(9-7-19)29(33,34)35/h2-9,16-18,20,27H,10-15H2,1H3,(H,37,39). The molecule has 0 saturated carbocycles. The van der Waals surface area contributed by atoms with Gasteiger partial charge in [-0.05, 0) is 69.1 Å². The molecule has 0 spiro atoms. The van der Waals surface area contributed by atoms with Crippen LogP contribution in [0.2, 0.25) is 10.0 Å². The van der Waals surface area contributed by atoms with Crippen LogP contribution in [0.4, 0.5) is 17.6 Å². The molecule has 11 heteroatoms. The van der Waals surface area contributed by atoms with Gasteiger partial charge in [0.05, 0.1) is 21.2 Å².